The van der Waals surface area contributed by atoms with Gasteiger partial charge >= 0.3 is 5.97 Å². The number of esters is 1. The molecule has 0 bridgehead atoms. The van der Waals surface area contributed by atoms with Gasteiger partial charge in [0, 0.05) is 6.04 Å². The van der Waals surface area contributed by atoms with Crippen molar-refractivity contribution in [3.05, 3.63) is 29.3 Å². The Morgan fingerprint density at radius 1 is 1.35 bits per heavy atom. The van der Waals surface area contributed by atoms with Crippen LogP contribution >= 0.6 is 0 Å². The van der Waals surface area contributed by atoms with E-state index in [0.29, 0.717) is 12.8 Å². The van der Waals surface area contributed by atoms with Crippen LogP contribution in [0.25, 0.3) is 0 Å². The zero-order valence-electron chi connectivity index (χ0n) is 11.8. The number of hydrogen-bond acceptors (Lipinski definition) is 4. The summed E-state index contributed by atoms with van der Waals surface area (Å²) >= 11 is 0. The van der Waals surface area contributed by atoms with E-state index < -0.39 is 10.0 Å². The van der Waals surface area contributed by atoms with Crippen LogP contribution in [-0.4, -0.2) is 27.5 Å². The molecule has 1 aliphatic rings. The summed E-state index contributed by atoms with van der Waals surface area (Å²) in [6.45, 7) is 3.55. The van der Waals surface area contributed by atoms with Crippen LogP contribution in [0.15, 0.2) is 23.1 Å². The summed E-state index contributed by atoms with van der Waals surface area (Å²) in [5, 5.41) is 0. The molecule has 2 rings (SSSR count). The minimum absolute atomic E-state index is 0.173. The van der Waals surface area contributed by atoms with Crippen molar-refractivity contribution in [3.8, 4) is 0 Å². The Morgan fingerprint density at radius 2 is 2.05 bits per heavy atom. The number of carbonyl (C=O) groups is 1. The maximum atomic E-state index is 12.3. The maximum absolute atomic E-state index is 12.3. The molecule has 1 N–H and O–H groups in total. The van der Waals surface area contributed by atoms with Gasteiger partial charge in [0.25, 0.3) is 0 Å². The monoisotopic (exact) mass is 297 g/mol. The van der Waals surface area contributed by atoms with Crippen LogP contribution in [0.1, 0.15) is 25.0 Å². The first-order valence-electron chi connectivity index (χ1n) is 6.56. The molecule has 0 heterocycles. The van der Waals surface area contributed by atoms with E-state index >= 15 is 0 Å². The lowest BCUT2D eigenvalue weighted by atomic mass is 10.1. The summed E-state index contributed by atoms with van der Waals surface area (Å²) in [6, 6.07) is 5.00. The predicted molar refractivity (Wildman–Crippen MR) is 74.8 cm³/mol. The van der Waals surface area contributed by atoms with Crippen LogP contribution in [0, 0.1) is 5.92 Å². The number of fused-ring (bicyclic) bond motifs is 1. The van der Waals surface area contributed by atoms with E-state index in [2.05, 4.69) is 4.72 Å². The van der Waals surface area contributed by atoms with Crippen molar-refractivity contribution >= 4 is 16.0 Å². The normalized spacial score (nSPS) is 18.1. The molecule has 1 aliphatic carbocycles. The highest BCUT2D eigenvalue weighted by Gasteiger charge is 2.32. The molecule has 0 aliphatic heterocycles. The van der Waals surface area contributed by atoms with Crippen molar-refractivity contribution in [2.24, 2.45) is 5.92 Å². The molecule has 0 fully saturated rings. The summed E-state index contributed by atoms with van der Waals surface area (Å²) < 4.78 is 32.0. The van der Waals surface area contributed by atoms with Gasteiger partial charge in [0.05, 0.1) is 17.9 Å². The Labute approximate surface area is 119 Å². The molecule has 0 radical (unpaired) electrons. The Balaban J connectivity index is 2.38. The van der Waals surface area contributed by atoms with Crippen LogP contribution in [0.2, 0.25) is 0 Å². The number of rotatable bonds is 4. The molecule has 1 atom stereocenters. The molecule has 20 heavy (non-hydrogen) atoms. The third-order valence-corrected chi connectivity index (χ3v) is 5.10. The van der Waals surface area contributed by atoms with Crippen LogP contribution in [0.3, 0.4) is 0 Å². The first-order chi connectivity index (χ1) is 9.35. The van der Waals surface area contributed by atoms with Gasteiger partial charge in [-0.15, -0.1) is 0 Å². The Kier molecular flexibility index (Phi) is 4.15. The van der Waals surface area contributed by atoms with Crippen molar-refractivity contribution in [3.63, 3.8) is 0 Å². The molecule has 6 heteroatoms. The number of hydrogen-bond donors (Lipinski definition) is 1. The first-order valence-corrected chi connectivity index (χ1v) is 8.04. The van der Waals surface area contributed by atoms with Crippen LogP contribution in [0.4, 0.5) is 0 Å². The molecule has 0 amide bonds. The summed E-state index contributed by atoms with van der Waals surface area (Å²) in [7, 11) is -2.19. The molecule has 5 nitrogen and oxygen atoms in total. The average molecular weight is 297 g/mol. The molecule has 0 saturated carbocycles. The van der Waals surface area contributed by atoms with Crippen molar-refractivity contribution in [2.45, 2.75) is 37.6 Å². The van der Waals surface area contributed by atoms with E-state index in [1.807, 2.05) is 6.07 Å². The van der Waals surface area contributed by atoms with Gasteiger partial charge in [-0.2, -0.15) is 0 Å². The molecule has 1 aromatic rings. The van der Waals surface area contributed by atoms with Gasteiger partial charge in [-0.25, -0.2) is 13.1 Å². The van der Waals surface area contributed by atoms with E-state index in [0.717, 1.165) is 11.1 Å². The van der Waals surface area contributed by atoms with E-state index in [-0.39, 0.29) is 22.8 Å². The van der Waals surface area contributed by atoms with E-state index in [4.69, 9.17) is 4.74 Å². The van der Waals surface area contributed by atoms with E-state index in [1.165, 1.54) is 7.11 Å². The average Bonchev–Trinajstić information content (AvgIpc) is 2.79. The van der Waals surface area contributed by atoms with Gasteiger partial charge in [-0.05, 0) is 43.9 Å². The maximum Gasteiger partial charge on any atom is 0.309 e. The SMILES string of the molecule is COC(=O)[C@@H]1Cc2cccc(S(=O)(=O)NC(C)C)c2C1. The van der Waals surface area contributed by atoms with Gasteiger partial charge < -0.3 is 4.74 Å². The number of benzene rings is 1. The quantitative estimate of drug-likeness (QED) is 0.849. The summed E-state index contributed by atoms with van der Waals surface area (Å²) in [5.74, 6) is -0.577. The molecule has 0 spiro atoms. The molecule has 110 valence electrons. The smallest absolute Gasteiger partial charge is 0.309 e. The van der Waals surface area contributed by atoms with Gasteiger partial charge in [0.15, 0.2) is 0 Å². The highest BCUT2D eigenvalue weighted by molar-refractivity contribution is 7.89. The van der Waals surface area contributed by atoms with Crippen molar-refractivity contribution in [1.82, 2.24) is 4.72 Å². The molecule has 0 unspecified atom stereocenters. The van der Waals surface area contributed by atoms with Crippen LogP contribution in [0.5, 0.6) is 0 Å². The number of methoxy groups -OCH3 is 1. The third kappa shape index (κ3) is 2.86. The second-order valence-corrected chi connectivity index (χ2v) is 6.98. The molecular weight excluding hydrogens is 278 g/mol. The molecule has 1 aromatic carbocycles. The fourth-order valence-electron chi connectivity index (χ4n) is 2.58. The first kappa shape index (κ1) is 15.0. The number of ether oxygens (including phenoxy) is 1. The largest absolute Gasteiger partial charge is 0.469 e. The second kappa shape index (κ2) is 5.54. The summed E-state index contributed by atoms with van der Waals surface area (Å²) in [6.07, 6.45) is 0.949. The fraction of sp³-hybridized carbons (Fsp3) is 0.500. The summed E-state index contributed by atoms with van der Waals surface area (Å²) in [5.41, 5.74) is 1.64. The van der Waals surface area contributed by atoms with Crippen LogP contribution < -0.4 is 4.72 Å². The Hall–Kier alpha value is -1.40. The minimum atomic E-state index is -3.54. The van der Waals surface area contributed by atoms with Crippen molar-refractivity contribution in [2.75, 3.05) is 7.11 Å². The lowest BCUT2D eigenvalue weighted by Crippen LogP contribution is -2.31. The van der Waals surface area contributed by atoms with Gasteiger partial charge in [0.1, 0.15) is 0 Å². The standard InChI is InChI=1S/C14H19NO4S/c1-9(2)15-20(17,18)13-6-4-5-10-7-11(8-12(10)13)14(16)19-3/h4-6,9,11,15H,7-8H2,1-3H3/t11-/m1/s1. The number of sulfonamides is 1. The number of nitrogens with one attached hydrogen (secondary N) is 1. The zero-order valence-corrected chi connectivity index (χ0v) is 12.7. The molecule has 0 saturated heterocycles. The second-order valence-electron chi connectivity index (χ2n) is 5.30. The topological polar surface area (TPSA) is 72.5 Å². The Morgan fingerprint density at radius 3 is 2.65 bits per heavy atom. The van der Waals surface area contributed by atoms with Crippen molar-refractivity contribution < 1.29 is 17.9 Å². The molecule has 0 aromatic heterocycles. The third-order valence-electron chi connectivity index (χ3n) is 3.36. The molecular formula is C14H19NO4S. The fourth-order valence-corrected chi connectivity index (χ4v) is 4.12. The van der Waals surface area contributed by atoms with E-state index in [1.54, 1.807) is 26.0 Å². The highest BCUT2D eigenvalue weighted by atomic mass is 32.2. The van der Waals surface area contributed by atoms with Gasteiger partial charge in [-0.1, -0.05) is 12.1 Å². The van der Waals surface area contributed by atoms with Gasteiger partial charge in [-0.3, -0.25) is 4.79 Å². The number of carbonyl (C=O) groups excluding carboxylic acids is 1. The predicted octanol–water partition coefficient (Wildman–Crippen LogP) is 1.26. The van der Waals surface area contributed by atoms with Crippen molar-refractivity contribution in [1.29, 1.82) is 0 Å². The minimum Gasteiger partial charge on any atom is -0.469 e. The van der Waals surface area contributed by atoms with E-state index in [9.17, 15) is 13.2 Å². The summed E-state index contributed by atoms with van der Waals surface area (Å²) in [4.78, 5) is 11.9. The lowest BCUT2D eigenvalue weighted by molar-refractivity contribution is -0.145. The lowest BCUT2D eigenvalue weighted by Gasteiger charge is -2.13. The zero-order chi connectivity index (χ0) is 14.9. The van der Waals surface area contributed by atoms with Gasteiger partial charge in [0.2, 0.25) is 10.0 Å². The van der Waals surface area contributed by atoms with Crippen LogP contribution in [-0.2, 0) is 32.4 Å². The highest BCUT2D eigenvalue weighted by Crippen LogP contribution is 2.32. The Bertz CT molecular complexity index is 622.